The summed E-state index contributed by atoms with van der Waals surface area (Å²) in [6.45, 7) is 11.0. The molecule has 0 aromatic heterocycles. The molecule has 0 amide bonds. The number of halogens is 1. The Morgan fingerprint density at radius 2 is 1.71 bits per heavy atom. The summed E-state index contributed by atoms with van der Waals surface area (Å²) in [5.74, 6) is -0.135. The van der Waals surface area contributed by atoms with E-state index in [0.717, 1.165) is 34.4 Å². The molecular formula is C19H24FN. The maximum atomic E-state index is 14.4. The van der Waals surface area contributed by atoms with Crippen LogP contribution in [0.15, 0.2) is 30.3 Å². The van der Waals surface area contributed by atoms with E-state index in [1.165, 1.54) is 5.56 Å². The van der Waals surface area contributed by atoms with Crippen LogP contribution >= 0.6 is 0 Å². The van der Waals surface area contributed by atoms with Crippen molar-refractivity contribution in [3.63, 3.8) is 0 Å². The summed E-state index contributed by atoms with van der Waals surface area (Å²) in [6.07, 6.45) is 0. The highest BCUT2D eigenvalue weighted by atomic mass is 19.1. The molecule has 1 N–H and O–H groups in total. The van der Waals surface area contributed by atoms with Gasteiger partial charge in [-0.15, -0.1) is 0 Å². The maximum absolute atomic E-state index is 14.4. The summed E-state index contributed by atoms with van der Waals surface area (Å²) in [7, 11) is 0. The van der Waals surface area contributed by atoms with Crippen molar-refractivity contribution in [2.45, 2.75) is 47.2 Å². The largest absolute Gasteiger partial charge is 0.310 e. The topological polar surface area (TPSA) is 12.0 Å². The quantitative estimate of drug-likeness (QED) is 0.841. The third-order valence-electron chi connectivity index (χ3n) is 3.72. The highest BCUT2D eigenvalue weighted by Gasteiger charge is 2.12. The van der Waals surface area contributed by atoms with Crippen LogP contribution in [0.3, 0.4) is 0 Å². The number of hydrogen-bond donors (Lipinski definition) is 1. The van der Waals surface area contributed by atoms with Crippen LogP contribution in [0.4, 0.5) is 4.39 Å². The first-order chi connectivity index (χ1) is 9.88. The van der Waals surface area contributed by atoms with E-state index in [-0.39, 0.29) is 5.82 Å². The molecule has 0 unspecified atom stereocenters. The Kier molecular flexibility index (Phi) is 4.79. The van der Waals surface area contributed by atoms with Crippen molar-refractivity contribution in [3.05, 3.63) is 58.4 Å². The molecule has 0 heterocycles. The van der Waals surface area contributed by atoms with Gasteiger partial charge in [0.15, 0.2) is 0 Å². The van der Waals surface area contributed by atoms with Gasteiger partial charge in [0.1, 0.15) is 5.82 Å². The summed E-state index contributed by atoms with van der Waals surface area (Å²) in [5, 5.41) is 3.40. The first kappa shape index (κ1) is 15.7. The van der Waals surface area contributed by atoms with Gasteiger partial charge in [-0.05, 0) is 60.7 Å². The molecule has 0 radical (unpaired) electrons. The van der Waals surface area contributed by atoms with E-state index < -0.39 is 0 Å². The molecule has 112 valence electrons. The number of aryl methyl sites for hydroxylation is 3. The van der Waals surface area contributed by atoms with Crippen molar-refractivity contribution >= 4 is 0 Å². The zero-order chi connectivity index (χ0) is 15.6. The van der Waals surface area contributed by atoms with Crippen LogP contribution in [0.5, 0.6) is 0 Å². The Balaban J connectivity index is 2.46. The minimum atomic E-state index is -0.135. The van der Waals surface area contributed by atoms with Crippen molar-refractivity contribution in [2.24, 2.45) is 0 Å². The highest BCUT2D eigenvalue weighted by Crippen LogP contribution is 2.31. The lowest BCUT2D eigenvalue weighted by atomic mass is 9.93. The summed E-state index contributed by atoms with van der Waals surface area (Å²) in [4.78, 5) is 0. The average Bonchev–Trinajstić information content (AvgIpc) is 2.38. The number of nitrogens with one attached hydrogen (secondary N) is 1. The smallest absolute Gasteiger partial charge is 0.131 e. The van der Waals surface area contributed by atoms with Crippen molar-refractivity contribution in [3.8, 4) is 11.1 Å². The van der Waals surface area contributed by atoms with E-state index in [4.69, 9.17) is 0 Å². The third-order valence-corrected chi connectivity index (χ3v) is 3.72. The van der Waals surface area contributed by atoms with Gasteiger partial charge in [-0.3, -0.25) is 0 Å². The lowest BCUT2D eigenvalue weighted by Gasteiger charge is -2.15. The monoisotopic (exact) mass is 285 g/mol. The molecule has 2 aromatic rings. The molecule has 2 rings (SSSR count). The molecule has 0 aliphatic rings. The van der Waals surface area contributed by atoms with E-state index in [1.54, 1.807) is 6.07 Å². The fraction of sp³-hybridized carbons (Fsp3) is 0.368. The molecule has 0 saturated heterocycles. The second-order valence-corrected chi connectivity index (χ2v) is 6.12. The van der Waals surface area contributed by atoms with Gasteiger partial charge in [-0.25, -0.2) is 4.39 Å². The van der Waals surface area contributed by atoms with E-state index in [1.807, 2.05) is 26.8 Å². The fourth-order valence-electron chi connectivity index (χ4n) is 2.63. The zero-order valence-electron chi connectivity index (χ0n) is 13.5. The van der Waals surface area contributed by atoms with Gasteiger partial charge >= 0.3 is 0 Å². The fourth-order valence-corrected chi connectivity index (χ4v) is 2.63. The van der Waals surface area contributed by atoms with Crippen molar-refractivity contribution in [1.29, 1.82) is 0 Å². The maximum Gasteiger partial charge on any atom is 0.131 e. The minimum absolute atomic E-state index is 0.135. The minimum Gasteiger partial charge on any atom is -0.310 e. The number of rotatable bonds is 4. The van der Waals surface area contributed by atoms with Gasteiger partial charge < -0.3 is 5.32 Å². The molecule has 1 nitrogen and oxygen atoms in total. The molecule has 0 aliphatic heterocycles. The van der Waals surface area contributed by atoms with Gasteiger partial charge in [0.25, 0.3) is 0 Å². The molecule has 2 aromatic carbocycles. The highest BCUT2D eigenvalue weighted by molar-refractivity contribution is 5.72. The third kappa shape index (κ3) is 3.70. The Bertz CT molecular complexity index is 621. The van der Waals surface area contributed by atoms with Gasteiger partial charge in [0, 0.05) is 18.2 Å². The van der Waals surface area contributed by atoms with Gasteiger partial charge in [0.2, 0.25) is 0 Å². The molecule has 0 spiro atoms. The van der Waals surface area contributed by atoms with Crippen molar-refractivity contribution < 1.29 is 4.39 Å². The first-order valence-electron chi connectivity index (χ1n) is 7.48. The van der Waals surface area contributed by atoms with Gasteiger partial charge in [-0.1, -0.05) is 32.0 Å². The van der Waals surface area contributed by atoms with Gasteiger partial charge in [-0.2, -0.15) is 0 Å². The van der Waals surface area contributed by atoms with Crippen LogP contribution < -0.4 is 5.32 Å². The molecule has 0 saturated carbocycles. The van der Waals surface area contributed by atoms with E-state index in [2.05, 4.69) is 37.4 Å². The Hall–Kier alpha value is -1.67. The van der Waals surface area contributed by atoms with Crippen LogP contribution in [0.1, 0.15) is 36.1 Å². The van der Waals surface area contributed by atoms with Crippen molar-refractivity contribution in [1.82, 2.24) is 5.32 Å². The van der Waals surface area contributed by atoms with Crippen molar-refractivity contribution in [2.75, 3.05) is 0 Å². The summed E-state index contributed by atoms with van der Waals surface area (Å²) in [5.41, 5.74) is 5.96. The summed E-state index contributed by atoms with van der Waals surface area (Å²) < 4.78 is 14.4. The zero-order valence-corrected chi connectivity index (χ0v) is 13.5. The Morgan fingerprint density at radius 1 is 1.00 bits per heavy atom. The predicted molar refractivity (Wildman–Crippen MR) is 88.0 cm³/mol. The van der Waals surface area contributed by atoms with Crippen LogP contribution in [0.2, 0.25) is 0 Å². The molecule has 21 heavy (non-hydrogen) atoms. The number of benzene rings is 2. The molecule has 0 fully saturated rings. The molecule has 0 atom stereocenters. The molecule has 0 bridgehead atoms. The number of hydrogen-bond acceptors (Lipinski definition) is 1. The van der Waals surface area contributed by atoms with Crippen LogP contribution in [-0.4, -0.2) is 6.04 Å². The Morgan fingerprint density at radius 3 is 2.33 bits per heavy atom. The lowest BCUT2D eigenvalue weighted by Crippen LogP contribution is -2.21. The van der Waals surface area contributed by atoms with Crippen LogP contribution in [0, 0.1) is 26.6 Å². The summed E-state index contributed by atoms with van der Waals surface area (Å²) >= 11 is 0. The first-order valence-corrected chi connectivity index (χ1v) is 7.48. The summed E-state index contributed by atoms with van der Waals surface area (Å²) in [6, 6.07) is 10.4. The molecular weight excluding hydrogens is 261 g/mol. The van der Waals surface area contributed by atoms with E-state index in [0.29, 0.717) is 6.04 Å². The second-order valence-electron chi connectivity index (χ2n) is 6.12. The SMILES string of the molecule is Cc1cc(C)c(-c2cc(CNC(C)C)ccc2C)c(F)c1. The molecule has 0 aliphatic carbocycles. The standard InChI is InChI=1S/C19H24FN/c1-12(2)21-11-16-7-6-14(4)17(10-16)19-15(5)8-13(3)9-18(19)20/h6-10,12,21H,11H2,1-5H3. The average molecular weight is 285 g/mol. The van der Waals surface area contributed by atoms with E-state index >= 15 is 0 Å². The van der Waals surface area contributed by atoms with E-state index in [9.17, 15) is 4.39 Å². The normalized spacial score (nSPS) is 11.2. The molecule has 2 heteroatoms. The van der Waals surface area contributed by atoms with Gasteiger partial charge in [0.05, 0.1) is 0 Å². The van der Waals surface area contributed by atoms with Crippen LogP contribution in [0.25, 0.3) is 11.1 Å². The predicted octanol–water partition coefficient (Wildman–Crippen LogP) is 4.92. The lowest BCUT2D eigenvalue weighted by molar-refractivity contribution is 0.589. The second kappa shape index (κ2) is 6.40. The van der Waals surface area contributed by atoms with Crippen LogP contribution in [-0.2, 0) is 6.54 Å². The Labute approximate surface area is 127 Å².